The summed E-state index contributed by atoms with van der Waals surface area (Å²) >= 11 is 5.98. The number of ether oxygens (including phenoxy) is 1. The molecule has 0 saturated heterocycles. The van der Waals surface area contributed by atoms with Gasteiger partial charge in [0.05, 0.1) is 17.8 Å². The summed E-state index contributed by atoms with van der Waals surface area (Å²) in [5.41, 5.74) is 0.377. The largest absolute Gasteiger partial charge is 0.497 e. The second-order valence-corrected chi connectivity index (χ2v) is 4.50. The van der Waals surface area contributed by atoms with Crippen molar-refractivity contribution in [3.63, 3.8) is 0 Å². The van der Waals surface area contributed by atoms with Gasteiger partial charge < -0.3 is 20.1 Å². The highest BCUT2D eigenvalue weighted by molar-refractivity contribution is 6.33. The zero-order valence-corrected chi connectivity index (χ0v) is 12.1. The Balaban J connectivity index is 2.84. The number of carboxylic acid groups (broad SMARTS) is 1. The maximum Gasteiger partial charge on any atom is 0.323 e. The van der Waals surface area contributed by atoms with E-state index in [1.807, 2.05) is 6.92 Å². The van der Waals surface area contributed by atoms with Gasteiger partial charge in [0.25, 0.3) is 0 Å². The van der Waals surface area contributed by atoms with Gasteiger partial charge in [-0.2, -0.15) is 0 Å². The fourth-order valence-corrected chi connectivity index (χ4v) is 1.77. The molecule has 1 rings (SSSR count). The monoisotopic (exact) mass is 300 g/mol. The van der Waals surface area contributed by atoms with Crippen LogP contribution < -0.4 is 10.1 Å². The number of anilines is 1. The molecule has 7 heteroatoms. The van der Waals surface area contributed by atoms with Crippen molar-refractivity contribution in [2.45, 2.75) is 13.3 Å². The Morgan fingerprint density at radius 3 is 2.70 bits per heavy atom. The molecule has 0 heterocycles. The molecular weight excluding hydrogens is 284 g/mol. The van der Waals surface area contributed by atoms with Gasteiger partial charge in [-0.3, -0.25) is 4.79 Å². The molecule has 0 bridgehead atoms. The Bertz CT molecular complexity index is 493. The molecular formula is C13H17ClN2O4. The van der Waals surface area contributed by atoms with Crippen molar-refractivity contribution in [3.05, 3.63) is 23.2 Å². The quantitative estimate of drug-likeness (QED) is 0.846. The van der Waals surface area contributed by atoms with E-state index in [9.17, 15) is 9.59 Å². The van der Waals surface area contributed by atoms with E-state index in [0.717, 1.165) is 0 Å². The Labute approximate surface area is 122 Å². The summed E-state index contributed by atoms with van der Waals surface area (Å²) in [5.74, 6) is -0.518. The number of carbonyl (C=O) groups excluding carboxylic acids is 1. The van der Waals surface area contributed by atoms with E-state index in [2.05, 4.69) is 5.32 Å². The minimum Gasteiger partial charge on any atom is -0.497 e. The molecule has 2 amide bonds. The molecule has 1 aromatic rings. The standard InChI is InChI=1S/C13H17ClN2O4/c1-3-6-16(8-12(17)18)13(19)15-11-7-9(20-2)4-5-10(11)14/h4-5,7H,3,6,8H2,1-2H3,(H,15,19)(H,17,18). The number of halogens is 1. The first kappa shape index (κ1) is 16.1. The first-order valence-corrected chi connectivity index (χ1v) is 6.47. The lowest BCUT2D eigenvalue weighted by Gasteiger charge is -2.21. The maximum absolute atomic E-state index is 12.0. The van der Waals surface area contributed by atoms with Gasteiger partial charge in [-0.05, 0) is 18.6 Å². The van der Waals surface area contributed by atoms with Crippen LogP contribution in [0.5, 0.6) is 5.75 Å². The number of carboxylic acids is 1. The minimum absolute atomic E-state index is 0.347. The fraction of sp³-hybridized carbons (Fsp3) is 0.385. The van der Waals surface area contributed by atoms with Crippen LogP contribution in [-0.4, -0.2) is 42.2 Å². The van der Waals surface area contributed by atoms with Crippen LogP contribution in [0.2, 0.25) is 5.02 Å². The first-order chi connectivity index (χ1) is 9.47. The summed E-state index contributed by atoms with van der Waals surface area (Å²) < 4.78 is 5.05. The van der Waals surface area contributed by atoms with Crippen LogP contribution >= 0.6 is 11.6 Å². The summed E-state index contributed by atoms with van der Waals surface area (Å²) in [4.78, 5) is 24.0. The van der Waals surface area contributed by atoms with Crippen molar-refractivity contribution >= 4 is 29.3 Å². The van der Waals surface area contributed by atoms with Crippen LogP contribution in [0.25, 0.3) is 0 Å². The van der Waals surface area contributed by atoms with Crippen LogP contribution in [0.1, 0.15) is 13.3 Å². The van der Waals surface area contributed by atoms with Gasteiger partial charge in [0.15, 0.2) is 0 Å². The number of hydrogen-bond donors (Lipinski definition) is 2. The van der Waals surface area contributed by atoms with Crippen molar-refractivity contribution in [3.8, 4) is 5.75 Å². The summed E-state index contributed by atoms with van der Waals surface area (Å²) in [6, 6.07) is 4.33. The maximum atomic E-state index is 12.0. The summed E-state index contributed by atoms with van der Waals surface area (Å²) in [6.07, 6.45) is 0.659. The lowest BCUT2D eigenvalue weighted by molar-refractivity contribution is -0.137. The highest BCUT2D eigenvalue weighted by Crippen LogP contribution is 2.26. The second kappa shape index (κ2) is 7.59. The average Bonchev–Trinajstić information content (AvgIpc) is 2.40. The normalized spacial score (nSPS) is 9.95. The first-order valence-electron chi connectivity index (χ1n) is 6.09. The summed E-state index contributed by atoms with van der Waals surface area (Å²) in [5, 5.41) is 11.7. The predicted octanol–water partition coefficient (Wildman–Crippen LogP) is 2.68. The third-order valence-corrected chi connectivity index (χ3v) is 2.85. The molecule has 0 radical (unpaired) electrons. The number of rotatable bonds is 6. The average molecular weight is 301 g/mol. The predicted molar refractivity (Wildman–Crippen MR) is 76.5 cm³/mol. The summed E-state index contributed by atoms with van der Waals surface area (Å²) in [7, 11) is 1.50. The van der Waals surface area contributed by atoms with E-state index < -0.39 is 12.0 Å². The van der Waals surface area contributed by atoms with Crippen LogP contribution in [0.3, 0.4) is 0 Å². The number of nitrogens with zero attached hydrogens (tertiary/aromatic N) is 1. The molecule has 6 nitrogen and oxygen atoms in total. The lowest BCUT2D eigenvalue weighted by Crippen LogP contribution is -2.39. The number of aliphatic carboxylic acids is 1. The van der Waals surface area contributed by atoms with Gasteiger partial charge >= 0.3 is 12.0 Å². The Morgan fingerprint density at radius 2 is 2.15 bits per heavy atom. The van der Waals surface area contributed by atoms with E-state index in [1.54, 1.807) is 18.2 Å². The molecule has 0 aliphatic heterocycles. The van der Waals surface area contributed by atoms with E-state index in [1.165, 1.54) is 12.0 Å². The van der Waals surface area contributed by atoms with Gasteiger partial charge in [0.2, 0.25) is 0 Å². The molecule has 0 fully saturated rings. The zero-order chi connectivity index (χ0) is 15.1. The minimum atomic E-state index is -1.06. The van der Waals surface area contributed by atoms with Crippen LogP contribution in [0.15, 0.2) is 18.2 Å². The topological polar surface area (TPSA) is 78.9 Å². The Hall–Kier alpha value is -1.95. The molecule has 110 valence electrons. The van der Waals surface area contributed by atoms with Crippen LogP contribution in [-0.2, 0) is 4.79 Å². The number of methoxy groups -OCH3 is 1. The number of benzene rings is 1. The molecule has 0 aliphatic rings. The van der Waals surface area contributed by atoms with Crippen molar-refractivity contribution in [1.29, 1.82) is 0 Å². The third kappa shape index (κ3) is 4.62. The molecule has 0 spiro atoms. The van der Waals surface area contributed by atoms with E-state index >= 15 is 0 Å². The molecule has 0 aromatic heterocycles. The van der Waals surface area contributed by atoms with Gasteiger partial charge in [0, 0.05) is 12.6 Å². The number of hydrogen-bond acceptors (Lipinski definition) is 3. The van der Waals surface area contributed by atoms with Crippen molar-refractivity contribution < 1.29 is 19.4 Å². The SMILES string of the molecule is CCCN(CC(=O)O)C(=O)Nc1cc(OC)ccc1Cl. The summed E-state index contributed by atoms with van der Waals surface area (Å²) in [6.45, 7) is 1.85. The number of amides is 2. The second-order valence-electron chi connectivity index (χ2n) is 4.09. The van der Waals surface area contributed by atoms with E-state index in [4.69, 9.17) is 21.4 Å². The highest BCUT2D eigenvalue weighted by Gasteiger charge is 2.17. The Morgan fingerprint density at radius 1 is 1.45 bits per heavy atom. The van der Waals surface area contributed by atoms with Crippen LogP contribution in [0.4, 0.5) is 10.5 Å². The van der Waals surface area contributed by atoms with E-state index in [-0.39, 0.29) is 6.54 Å². The molecule has 0 saturated carbocycles. The smallest absolute Gasteiger partial charge is 0.323 e. The van der Waals surface area contributed by atoms with Crippen molar-refractivity contribution in [2.75, 3.05) is 25.5 Å². The Kier molecular flexibility index (Phi) is 6.11. The molecule has 0 atom stereocenters. The van der Waals surface area contributed by atoms with Gasteiger partial charge in [-0.25, -0.2) is 4.79 Å². The molecule has 1 aromatic carbocycles. The number of carbonyl (C=O) groups is 2. The molecule has 0 unspecified atom stereocenters. The van der Waals surface area contributed by atoms with Crippen molar-refractivity contribution in [2.24, 2.45) is 0 Å². The molecule has 0 aliphatic carbocycles. The highest BCUT2D eigenvalue weighted by atomic mass is 35.5. The third-order valence-electron chi connectivity index (χ3n) is 2.52. The number of nitrogens with one attached hydrogen (secondary N) is 1. The van der Waals surface area contributed by atoms with Crippen molar-refractivity contribution in [1.82, 2.24) is 4.90 Å². The van der Waals surface area contributed by atoms with Gasteiger partial charge in [0.1, 0.15) is 12.3 Å². The lowest BCUT2D eigenvalue weighted by atomic mass is 10.3. The van der Waals surface area contributed by atoms with Gasteiger partial charge in [-0.15, -0.1) is 0 Å². The van der Waals surface area contributed by atoms with Crippen LogP contribution in [0, 0.1) is 0 Å². The van der Waals surface area contributed by atoms with E-state index in [0.29, 0.717) is 29.4 Å². The molecule has 2 N–H and O–H groups in total. The fourth-order valence-electron chi connectivity index (χ4n) is 1.61. The zero-order valence-electron chi connectivity index (χ0n) is 11.4. The van der Waals surface area contributed by atoms with Gasteiger partial charge in [-0.1, -0.05) is 18.5 Å². The number of urea groups is 1. The molecule has 20 heavy (non-hydrogen) atoms.